The molecule has 5 rings (SSSR count). The van der Waals surface area contributed by atoms with Crippen molar-refractivity contribution in [1.29, 1.82) is 0 Å². The average molecular weight is 549 g/mol. The summed E-state index contributed by atoms with van der Waals surface area (Å²) in [6.07, 6.45) is 4.74. The lowest BCUT2D eigenvalue weighted by atomic mass is 9.71. The highest BCUT2D eigenvalue weighted by atomic mass is 32.2. The van der Waals surface area contributed by atoms with Crippen LogP contribution in [0, 0.1) is 5.41 Å². The summed E-state index contributed by atoms with van der Waals surface area (Å²) < 4.78 is 41.8. The zero-order valence-electron chi connectivity index (χ0n) is 23.2. The van der Waals surface area contributed by atoms with Crippen LogP contribution in [0.25, 0.3) is 0 Å². The first-order valence-corrected chi connectivity index (χ1v) is 15.4. The molecule has 1 saturated heterocycles. The lowest BCUT2D eigenvalue weighted by Crippen LogP contribution is -2.48. The van der Waals surface area contributed by atoms with Crippen LogP contribution in [-0.4, -0.2) is 45.7 Å². The largest absolute Gasteiger partial charge is 0.493 e. The van der Waals surface area contributed by atoms with Crippen molar-refractivity contribution in [3.63, 3.8) is 0 Å². The Morgan fingerprint density at radius 2 is 1.64 bits per heavy atom. The minimum absolute atomic E-state index is 0.0894. The number of ether oxygens (including phenoxy) is 2. The number of sulfonamides is 1. The summed E-state index contributed by atoms with van der Waals surface area (Å²) in [6.45, 7) is 6.60. The molecule has 1 saturated carbocycles. The van der Waals surface area contributed by atoms with Crippen LogP contribution in [0.1, 0.15) is 56.6 Å². The SMILES string of the molecule is COc1ccc([C@H]2CN(Cc3ccccc3)C[C@@]2(C)C(C)NS(=O)(=O)c2ccccc2)cc1OC1CCCC1. The first-order valence-electron chi connectivity index (χ1n) is 14.0. The molecule has 0 bridgehead atoms. The molecule has 0 radical (unpaired) electrons. The molecule has 3 aromatic rings. The summed E-state index contributed by atoms with van der Waals surface area (Å²) in [5.74, 6) is 1.61. The van der Waals surface area contributed by atoms with Gasteiger partial charge in [-0.1, -0.05) is 61.5 Å². The highest BCUT2D eigenvalue weighted by Gasteiger charge is 2.48. The summed E-state index contributed by atoms with van der Waals surface area (Å²) in [5, 5.41) is 0. The summed E-state index contributed by atoms with van der Waals surface area (Å²) in [7, 11) is -1.99. The van der Waals surface area contributed by atoms with Gasteiger partial charge in [-0.2, -0.15) is 0 Å². The quantitative estimate of drug-likeness (QED) is 0.337. The normalized spacial score (nSPS) is 23.1. The Kier molecular flexibility index (Phi) is 8.31. The molecule has 2 aliphatic rings. The van der Waals surface area contributed by atoms with Crippen molar-refractivity contribution in [2.24, 2.45) is 5.41 Å². The highest BCUT2D eigenvalue weighted by molar-refractivity contribution is 7.89. The first-order chi connectivity index (χ1) is 18.8. The van der Waals surface area contributed by atoms with E-state index in [1.165, 1.54) is 18.4 Å². The van der Waals surface area contributed by atoms with Crippen molar-refractivity contribution in [3.05, 3.63) is 90.0 Å². The van der Waals surface area contributed by atoms with Crippen molar-refractivity contribution >= 4 is 10.0 Å². The van der Waals surface area contributed by atoms with Crippen molar-refractivity contribution < 1.29 is 17.9 Å². The number of rotatable bonds is 10. The van der Waals surface area contributed by atoms with Gasteiger partial charge in [-0.3, -0.25) is 4.90 Å². The molecule has 39 heavy (non-hydrogen) atoms. The van der Waals surface area contributed by atoms with Gasteiger partial charge in [0.05, 0.1) is 18.1 Å². The van der Waals surface area contributed by atoms with Crippen molar-refractivity contribution in [3.8, 4) is 11.5 Å². The van der Waals surface area contributed by atoms with Crippen LogP contribution in [0.3, 0.4) is 0 Å². The molecule has 1 aliphatic carbocycles. The van der Waals surface area contributed by atoms with Crippen LogP contribution in [-0.2, 0) is 16.6 Å². The number of nitrogens with zero attached hydrogens (tertiary/aromatic N) is 1. The molecule has 1 heterocycles. The van der Waals surface area contributed by atoms with Gasteiger partial charge in [0.15, 0.2) is 11.5 Å². The molecular formula is C32H40N2O4S. The monoisotopic (exact) mass is 548 g/mol. The van der Waals surface area contributed by atoms with Gasteiger partial charge in [-0.15, -0.1) is 0 Å². The lowest BCUT2D eigenvalue weighted by molar-refractivity contribution is 0.199. The number of hydrogen-bond acceptors (Lipinski definition) is 5. The Morgan fingerprint density at radius 1 is 0.974 bits per heavy atom. The predicted octanol–water partition coefficient (Wildman–Crippen LogP) is 5.99. The third-order valence-corrected chi connectivity index (χ3v) is 10.2. The van der Waals surface area contributed by atoms with Gasteiger partial charge in [0.1, 0.15) is 0 Å². The van der Waals surface area contributed by atoms with Crippen LogP contribution in [0.2, 0.25) is 0 Å². The second-order valence-corrected chi connectivity index (χ2v) is 13.0. The maximum Gasteiger partial charge on any atom is 0.240 e. The Labute approximate surface area is 233 Å². The minimum Gasteiger partial charge on any atom is -0.493 e. The smallest absolute Gasteiger partial charge is 0.240 e. The number of hydrogen-bond donors (Lipinski definition) is 1. The van der Waals surface area contributed by atoms with E-state index in [1.807, 2.05) is 25.1 Å². The van der Waals surface area contributed by atoms with Crippen molar-refractivity contribution in [2.45, 2.75) is 69.0 Å². The fourth-order valence-electron chi connectivity index (χ4n) is 6.23. The first kappa shape index (κ1) is 27.7. The van der Waals surface area contributed by atoms with Crippen molar-refractivity contribution in [1.82, 2.24) is 9.62 Å². The molecule has 0 amide bonds. The third kappa shape index (κ3) is 6.16. The van der Waals surface area contributed by atoms with Crippen LogP contribution >= 0.6 is 0 Å². The molecular weight excluding hydrogens is 508 g/mol. The second-order valence-electron chi connectivity index (χ2n) is 11.3. The van der Waals surface area contributed by atoms with E-state index in [0.29, 0.717) is 0 Å². The summed E-state index contributed by atoms with van der Waals surface area (Å²) in [4.78, 5) is 2.72. The maximum atomic E-state index is 13.3. The molecule has 3 aromatic carbocycles. The second kappa shape index (κ2) is 11.7. The minimum atomic E-state index is -3.66. The van der Waals surface area contributed by atoms with Gasteiger partial charge >= 0.3 is 0 Å². The Balaban J connectivity index is 1.46. The average Bonchev–Trinajstić information content (AvgIpc) is 3.57. The number of methoxy groups -OCH3 is 1. The Hall–Kier alpha value is -2.87. The molecule has 1 unspecified atom stereocenters. The van der Waals surface area contributed by atoms with Crippen LogP contribution in [0.4, 0.5) is 0 Å². The summed E-state index contributed by atoms with van der Waals surface area (Å²) >= 11 is 0. The van der Waals surface area contributed by atoms with Gasteiger partial charge in [0.2, 0.25) is 10.0 Å². The van der Waals surface area contributed by atoms with Crippen molar-refractivity contribution in [2.75, 3.05) is 20.2 Å². The van der Waals surface area contributed by atoms with Crippen LogP contribution in [0.15, 0.2) is 83.8 Å². The molecule has 0 spiro atoms. The van der Waals surface area contributed by atoms with Gasteiger partial charge in [-0.05, 0) is 68.0 Å². The number of nitrogens with one attached hydrogen (secondary N) is 1. The van der Waals surface area contributed by atoms with E-state index in [4.69, 9.17) is 9.47 Å². The van der Waals surface area contributed by atoms with Gasteiger partial charge in [0.25, 0.3) is 0 Å². The Morgan fingerprint density at radius 3 is 2.31 bits per heavy atom. The van der Waals surface area contributed by atoms with E-state index in [9.17, 15) is 8.42 Å². The third-order valence-electron chi connectivity index (χ3n) is 8.61. The van der Waals surface area contributed by atoms with Gasteiger partial charge < -0.3 is 9.47 Å². The predicted molar refractivity (Wildman–Crippen MR) is 155 cm³/mol. The topological polar surface area (TPSA) is 67.9 Å². The summed E-state index contributed by atoms with van der Waals surface area (Å²) in [5.41, 5.74) is 2.03. The molecule has 2 fully saturated rings. The molecule has 208 valence electrons. The summed E-state index contributed by atoms with van der Waals surface area (Å²) in [6, 6.07) is 25.0. The van der Waals surface area contributed by atoms with E-state index in [0.717, 1.165) is 49.5 Å². The molecule has 3 atom stereocenters. The molecule has 1 N–H and O–H groups in total. The molecule has 1 aliphatic heterocycles. The van der Waals surface area contributed by atoms with Crippen LogP contribution in [0.5, 0.6) is 11.5 Å². The van der Waals surface area contributed by atoms with E-state index in [1.54, 1.807) is 31.4 Å². The van der Waals surface area contributed by atoms with E-state index in [-0.39, 0.29) is 28.4 Å². The van der Waals surface area contributed by atoms with Gasteiger partial charge in [-0.25, -0.2) is 13.1 Å². The standard InChI is InChI=1S/C32H40N2O4S/c1-24(33-39(35,36)28-16-8-5-9-17-28)32(2)23-34(21-25-12-6-4-7-13-25)22-29(32)26-18-19-30(37-3)31(20-26)38-27-14-10-11-15-27/h4-9,12-13,16-20,24,27,29,33H,10-11,14-15,21-23H2,1-3H3/t24?,29-,32+/m1/s1. The van der Waals surface area contributed by atoms with Crippen LogP contribution < -0.4 is 14.2 Å². The van der Waals surface area contributed by atoms with E-state index < -0.39 is 10.0 Å². The fraction of sp³-hybridized carbons (Fsp3) is 0.438. The zero-order chi connectivity index (χ0) is 27.5. The number of likely N-dealkylation sites (tertiary alicyclic amines) is 1. The molecule has 7 heteroatoms. The maximum absolute atomic E-state index is 13.3. The van der Waals surface area contributed by atoms with Gasteiger partial charge in [0, 0.05) is 37.0 Å². The molecule has 6 nitrogen and oxygen atoms in total. The lowest BCUT2D eigenvalue weighted by Gasteiger charge is -2.37. The molecule has 0 aromatic heterocycles. The zero-order valence-corrected chi connectivity index (χ0v) is 24.0. The fourth-order valence-corrected chi connectivity index (χ4v) is 7.62. The van der Waals surface area contributed by atoms with E-state index in [2.05, 4.69) is 52.9 Å². The Bertz CT molecular complexity index is 1340. The van der Waals surface area contributed by atoms with E-state index >= 15 is 0 Å². The number of benzene rings is 3. The highest BCUT2D eigenvalue weighted by Crippen LogP contribution is 2.47.